The first-order valence-electron chi connectivity index (χ1n) is 8.26. The maximum absolute atomic E-state index is 12.8. The molecule has 0 unspecified atom stereocenters. The van der Waals surface area contributed by atoms with Crippen LogP contribution in [0.15, 0.2) is 71.6 Å². The van der Waals surface area contributed by atoms with Crippen molar-refractivity contribution in [2.75, 3.05) is 5.43 Å². The van der Waals surface area contributed by atoms with Gasteiger partial charge in [-0.2, -0.15) is 0 Å². The third kappa shape index (κ3) is 4.83. The SMILES string of the molecule is Cc1cc(C)nc(NNC(=O)[C@@H](Sc2ccccc2)c2ccccc2)n1. The molecule has 0 aliphatic carbocycles. The van der Waals surface area contributed by atoms with Crippen molar-refractivity contribution in [1.29, 1.82) is 0 Å². The molecule has 132 valence electrons. The molecule has 3 rings (SSSR count). The van der Waals surface area contributed by atoms with E-state index in [1.54, 1.807) is 0 Å². The van der Waals surface area contributed by atoms with Crippen LogP contribution >= 0.6 is 11.8 Å². The fourth-order valence-electron chi connectivity index (χ4n) is 2.50. The first-order chi connectivity index (χ1) is 12.6. The number of hydrazine groups is 1. The third-order valence-corrected chi connectivity index (χ3v) is 4.88. The molecule has 0 radical (unpaired) electrons. The van der Waals surface area contributed by atoms with E-state index in [1.807, 2.05) is 80.6 Å². The van der Waals surface area contributed by atoms with Crippen molar-refractivity contribution >= 4 is 23.6 Å². The number of aromatic nitrogens is 2. The zero-order chi connectivity index (χ0) is 18.4. The van der Waals surface area contributed by atoms with Crippen LogP contribution in [0.5, 0.6) is 0 Å². The molecule has 0 aliphatic rings. The molecule has 3 aromatic rings. The van der Waals surface area contributed by atoms with Gasteiger partial charge in [-0.1, -0.05) is 48.5 Å². The zero-order valence-corrected chi connectivity index (χ0v) is 15.5. The molecule has 0 spiro atoms. The minimum absolute atomic E-state index is 0.159. The van der Waals surface area contributed by atoms with Gasteiger partial charge in [0.15, 0.2) is 0 Å². The number of amides is 1. The first kappa shape index (κ1) is 17.9. The van der Waals surface area contributed by atoms with Gasteiger partial charge in [0.1, 0.15) is 5.25 Å². The topological polar surface area (TPSA) is 66.9 Å². The highest BCUT2D eigenvalue weighted by Gasteiger charge is 2.22. The van der Waals surface area contributed by atoms with Gasteiger partial charge < -0.3 is 0 Å². The largest absolute Gasteiger partial charge is 0.272 e. The van der Waals surface area contributed by atoms with E-state index in [2.05, 4.69) is 20.8 Å². The molecule has 2 aromatic carbocycles. The van der Waals surface area contributed by atoms with E-state index in [0.717, 1.165) is 21.8 Å². The molecule has 1 aromatic heterocycles. The van der Waals surface area contributed by atoms with Crippen molar-refractivity contribution < 1.29 is 4.79 Å². The minimum Gasteiger partial charge on any atom is -0.272 e. The summed E-state index contributed by atoms with van der Waals surface area (Å²) in [6.07, 6.45) is 0. The number of nitrogens with one attached hydrogen (secondary N) is 2. The lowest BCUT2D eigenvalue weighted by Gasteiger charge is -2.17. The number of hydrogen-bond acceptors (Lipinski definition) is 5. The molecular formula is C20H20N4OS. The summed E-state index contributed by atoms with van der Waals surface area (Å²) >= 11 is 1.50. The number of aryl methyl sites for hydroxylation is 2. The average Bonchev–Trinajstić information content (AvgIpc) is 2.65. The van der Waals surface area contributed by atoms with Gasteiger partial charge in [0, 0.05) is 16.3 Å². The molecule has 1 amide bonds. The summed E-state index contributed by atoms with van der Waals surface area (Å²) in [5.74, 6) is 0.222. The van der Waals surface area contributed by atoms with E-state index < -0.39 is 5.25 Å². The Morgan fingerprint density at radius 2 is 1.50 bits per heavy atom. The van der Waals surface area contributed by atoms with Gasteiger partial charge in [-0.15, -0.1) is 11.8 Å². The molecule has 0 bridgehead atoms. The lowest BCUT2D eigenvalue weighted by atomic mass is 10.1. The highest BCUT2D eigenvalue weighted by atomic mass is 32.2. The van der Waals surface area contributed by atoms with Gasteiger partial charge in [0.2, 0.25) is 5.95 Å². The van der Waals surface area contributed by atoms with Gasteiger partial charge in [-0.3, -0.25) is 15.6 Å². The Morgan fingerprint density at radius 3 is 2.12 bits per heavy atom. The average molecular weight is 364 g/mol. The van der Waals surface area contributed by atoms with Crippen LogP contribution in [0.1, 0.15) is 22.2 Å². The Balaban J connectivity index is 1.76. The van der Waals surface area contributed by atoms with Gasteiger partial charge >= 0.3 is 0 Å². The molecule has 0 saturated heterocycles. The number of thioether (sulfide) groups is 1. The van der Waals surface area contributed by atoms with Crippen LogP contribution < -0.4 is 10.9 Å². The van der Waals surface area contributed by atoms with Gasteiger partial charge in [0.25, 0.3) is 5.91 Å². The molecule has 0 fully saturated rings. The highest BCUT2D eigenvalue weighted by Crippen LogP contribution is 2.35. The van der Waals surface area contributed by atoms with E-state index in [1.165, 1.54) is 11.8 Å². The standard InChI is InChI=1S/C20H20N4OS/c1-14-13-15(2)22-20(21-14)24-23-19(25)18(16-9-5-3-6-10-16)26-17-11-7-4-8-12-17/h3-13,18H,1-2H3,(H,23,25)(H,21,22,24)/t18-/m0/s1. The van der Waals surface area contributed by atoms with Crippen LogP contribution in [0, 0.1) is 13.8 Å². The molecule has 1 heterocycles. The number of carbonyl (C=O) groups is 1. The Kier molecular flexibility index (Phi) is 5.86. The minimum atomic E-state index is -0.392. The van der Waals surface area contributed by atoms with Crippen LogP contribution in [0.2, 0.25) is 0 Å². The van der Waals surface area contributed by atoms with E-state index in [-0.39, 0.29) is 5.91 Å². The van der Waals surface area contributed by atoms with E-state index >= 15 is 0 Å². The van der Waals surface area contributed by atoms with Crippen molar-refractivity contribution in [3.8, 4) is 0 Å². The van der Waals surface area contributed by atoms with Crippen molar-refractivity contribution in [3.05, 3.63) is 83.7 Å². The fraction of sp³-hybridized carbons (Fsp3) is 0.150. The predicted molar refractivity (Wildman–Crippen MR) is 105 cm³/mol. The third-order valence-electron chi connectivity index (χ3n) is 3.62. The number of hydrogen-bond donors (Lipinski definition) is 2. The van der Waals surface area contributed by atoms with Gasteiger partial charge in [0.05, 0.1) is 0 Å². The van der Waals surface area contributed by atoms with E-state index in [9.17, 15) is 4.79 Å². The Hall–Kier alpha value is -2.86. The number of carbonyl (C=O) groups excluding carboxylic acids is 1. The van der Waals surface area contributed by atoms with Crippen LogP contribution in [0.25, 0.3) is 0 Å². The van der Waals surface area contributed by atoms with Crippen LogP contribution in [0.4, 0.5) is 5.95 Å². The first-order valence-corrected chi connectivity index (χ1v) is 9.14. The summed E-state index contributed by atoms with van der Waals surface area (Å²) in [4.78, 5) is 22.4. The maximum Gasteiger partial charge on any atom is 0.256 e. The summed E-state index contributed by atoms with van der Waals surface area (Å²) < 4.78 is 0. The predicted octanol–water partition coefficient (Wildman–Crippen LogP) is 4.07. The summed E-state index contributed by atoms with van der Waals surface area (Å²) in [6, 6.07) is 21.5. The van der Waals surface area contributed by atoms with Gasteiger partial charge in [-0.25, -0.2) is 9.97 Å². The van der Waals surface area contributed by atoms with Crippen LogP contribution in [-0.2, 0) is 4.79 Å². The quantitative estimate of drug-likeness (QED) is 0.510. The van der Waals surface area contributed by atoms with E-state index in [0.29, 0.717) is 5.95 Å². The molecule has 6 heteroatoms. The normalized spacial score (nSPS) is 11.6. The van der Waals surface area contributed by atoms with Crippen LogP contribution in [0.3, 0.4) is 0 Å². The Morgan fingerprint density at radius 1 is 0.923 bits per heavy atom. The summed E-state index contributed by atoms with van der Waals surface area (Å²) in [7, 11) is 0. The fourth-order valence-corrected chi connectivity index (χ4v) is 3.55. The smallest absolute Gasteiger partial charge is 0.256 e. The second kappa shape index (κ2) is 8.49. The molecule has 0 aliphatic heterocycles. The molecular weight excluding hydrogens is 344 g/mol. The lowest BCUT2D eigenvalue weighted by molar-refractivity contribution is -0.120. The summed E-state index contributed by atoms with van der Waals surface area (Å²) in [5.41, 5.74) is 8.18. The number of benzene rings is 2. The van der Waals surface area contributed by atoms with Crippen LogP contribution in [-0.4, -0.2) is 15.9 Å². The van der Waals surface area contributed by atoms with Gasteiger partial charge in [-0.05, 0) is 37.6 Å². The summed E-state index contributed by atoms with van der Waals surface area (Å²) in [6.45, 7) is 3.78. The number of rotatable bonds is 6. The molecule has 5 nitrogen and oxygen atoms in total. The number of anilines is 1. The molecule has 0 saturated carbocycles. The van der Waals surface area contributed by atoms with Crippen molar-refractivity contribution in [2.24, 2.45) is 0 Å². The van der Waals surface area contributed by atoms with Crippen molar-refractivity contribution in [2.45, 2.75) is 24.0 Å². The summed E-state index contributed by atoms with van der Waals surface area (Å²) in [5, 5.41) is -0.392. The second-order valence-electron chi connectivity index (χ2n) is 5.81. The highest BCUT2D eigenvalue weighted by molar-refractivity contribution is 8.00. The molecule has 26 heavy (non-hydrogen) atoms. The Bertz CT molecular complexity index is 851. The molecule has 2 N–H and O–H groups in total. The lowest BCUT2D eigenvalue weighted by Crippen LogP contribution is -2.33. The monoisotopic (exact) mass is 364 g/mol. The number of nitrogens with zero attached hydrogens (tertiary/aromatic N) is 2. The second-order valence-corrected chi connectivity index (χ2v) is 6.99. The maximum atomic E-state index is 12.8. The zero-order valence-electron chi connectivity index (χ0n) is 14.6. The van der Waals surface area contributed by atoms with Crippen molar-refractivity contribution in [3.63, 3.8) is 0 Å². The molecule has 1 atom stereocenters. The Labute approximate surface area is 157 Å². The van der Waals surface area contributed by atoms with E-state index in [4.69, 9.17) is 0 Å². The van der Waals surface area contributed by atoms with Crippen molar-refractivity contribution in [1.82, 2.24) is 15.4 Å².